The summed E-state index contributed by atoms with van der Waals surface area (Å²) in [6.07, 6.45) is 5.36. The summed E-state index contributed by atoms with van der Waals surface area (Å²) in [5.74, 6) is -0.880. The lowest BCUT2D eigenvalue weighted by molar-refractivity contribution is -0.119. The maximum atomic E-state index is 12.9. The van der Waals surface area contributed by atoms with Crippen LogP contribution in [0.25, 0.3) is 11.0 Å². The average molecular weight is 467 g/mol. The SMILES string of the molecule is CCC(CC)Nc1cnc2c(c1)c(NC(=O)COC)c(C(=O)OC)n2CCCc1ccccc1. The number of ether oxygens (including phenoxy) is 2. The van der Waals surface area contributed by atoms with E-state index < -0.39 is 5.97 Å². The number of benzene rings is 1. The fraction of sp³-hybridized carbons (Fsp3) is 0.423. The van der Waals surface area contributed by atoms with Crippen molar-refractivity contribution in [3.05, 3.63) is 53.9 Å². The predicted molar refractivity (Wildman–Crippen MR) is 134 cm³/mol. The van der Waals surface area contributed by atoms with Crippen LogP contribution in [0.5, 0.6) is 0 Å². The predicted octanol–water partition coefficient (Wildman–Crippen LogP) is 4.64. The number of hydrogen-bond acceptors (Lipinski definition) is 6. The number of esters is 1. The molecule has 3 aromatic rings. The number of anilines is 2. The number of amides is 1. The first-order valence-electron chi connectivity index (χ1n) is 11.7. The van der Waals surface area contributed by atoms with E-state index in [-0.39, 0.29) is 18.2 Å². The van der Waals surface area contributed by atoms with Gasteiger partial charge in [-0.3, -0.25) is 4.79 Å². The summed E-state index contributed by atoms with van der Waals surface area (Å²) in [6.45, 7) is 4.67. The topological polar surface area (TPSA) is 94.5 Å². The van der Waals surface area contributed by atoms with Crippen LogP contribution < -0.4 is 10.6 Å². The summed E-state index contributed by atoms with van der Waals surface area (Å²) in [5.41, 5.74) is 3.35. The molecule has 0 spiro atoms. The number of hydrogen-bond donors (Lipinski definition) is 2. The van der Waals surface area contributed by atoms with E-state index in [0.29, 0.717) is 29.3 Å². The van der Waals surface area contributed by atoms with Gasteiger partial charge in [-0.15, -0.1) is 0 Å². The van der Waals surface area contributed by atoms with Gasteiger partial charge < -0.3 is 24.7 Å². The molecule has 0 bridgehead atoms. The third kappa shape index (κ3) is 5.94. The van der Waals surface area contributed by atoms with Crippen molar-refractivity contribution in [2.75, 3.05) is 31.5 Å². The van der Waals surface area contributed by atoms with Gasteiger partial charge in [0.1, 0.15) is 12.3 Å². The second-order valence-corrected chi connectivity index (χ2v) is 8.19. The van der Waals surface area contributed by atoms with Gasteiger partial charge in [-0.05, 0) is 37.3 Å². The van der Waals surface area contributed by atoms with E-state index in [1.165, 1.54) is 19.8 Å². The molecule has 0 aliphatic carbocycles. The van der Waals surface area contributed by atoms with Crippen molar-refractivity contribution < 1.29 is 19.1 Å². The van der Waals surface area contributed by atoms with Crippen molar-refractivity contribution in [3.63, 3.8) is 0 Å². The highest BCUT2D eigenvalue weighted by Gasteiger charge is 2.26. The minimum absolute atomic E-state index is 0.125. The molecule has 2 N–H and O–H groups in total. The first-order chi connectivity index (χ1) is 16.5. The highest BCUT2D eigenvalue weighted by atomic mass is 16.5. The number of nitrogens with zero attached hydrogens (tertiary/aromatic N) is 2. The second-order valence-electron chi connectivity index (χ2n) is 8.19. The smallest absolute Gasteiger partial charge is 0.356 e. The third-order valence-corrected chi connectivity index (χ3v) is 5.86. The normalized spacial score (nSPS) is 11.1. The van der Waals surface area contributed by atoms with Crippen LogP contribution in [-0.4, -0.2) is 48.3 Å². The Morgan fingerprint density at radius 3 is 2.50 bits per heavy atom. The van der Waals surface area contributed by atoms with Crippen molar-refractivity contribution in [1.29, 1.82) is 0 Å². The number of carbonyl (C=O) groups is 2. The van der Waals surface area contributed by atoms with Gasteiger partial charge >= 0.3 is 5.97 Å². The van der Waals surface area contributed by atoms with Gasteiger partial charge in [0.15, 0.2) is 5.69 Å². The molecule has 0 fully saturated rings. The zero-order chi connectivity index (χ0) is 24.5. The number of aryl methyl sites for hydroxylation is 2. The van der Waals surface area contributed by atoms with Crippen molar-refractivity contribution in [2.24, 2.45) is 0 Å². The van der Waals surface area contributed by atoms with E-state index in [9.17, 15) is 9.59 Å². The minimum atomic E-state index is -0.528. The van der Waals surface area contributed by atoms with E-state index in [0.717, 1.165) is 31.4 Å². The number of methoxy groups -OCH3 is 2. The number of nitrogens with one attached hydrogen (secondary N) is 2. The Hall–Kier alpha value is -3.39. The standard InChI is InChI=1S/C26H34N4O4/c1-5-19(6-2)28-20-15-21-23(29-22(31)17-33-3)24(26(32)34-4)30(25(21)27-16-20)14-10-13-18-11-8-7-9-12-18/h7-9,11-12,15-16,19,28H,5-6,10,13-14,17H2,1-4H3,(H,29,31). The molecule has 0 atom stereocenters. The first kappa shape index (κ1) is 25.2. The fourth-order valence-corrected chi connectivity index (χ4v) is 4.08. The summed E-state index contributed by atoms with van der Waals surface area (Å²) in [4.78, 5) is 30.0. The van der Waals surface area contributed by atoms with Crippen LogP contribution in [0.1, 0.15) is 49.2 Å². The molecule has 182 valence electrons. The Kier molecular flexibility index (Phi) is 9.04. The van der Waals surface area contributed by atoms with Crippen LogP contribution >= 0.6 is 0 Å². The van der Waals surface area contributed by atoms with Gasteiger partial charge in [0, 0.05) is 25.1 Å². The van der Waals surface area contributed by atoms with Gasteiger partial charge in [0.2, 0.25) is 5.91 Å². The van der Waals surface area contributed by atoms with Crippen LogP contribution in [0, 0.1) is 0 Å². The van der Waals surface area contributed by atoms with Gasteiger partial charge in [-0.1, -0.05) is 44.2 Å². The summed E-state index contributed by atoms with van der Waals surface area (Å²) in [5, 5.41) is 7.02. The van der Waals surface area contributed by atoms with Gasteiger partial charge in [-0.2, -0.15) is 0 Å². The molecular formula is C26H34N4O4. The van der Waals surface area contributed by atoms with Crippen molar-refractivity contribution in [2.45, 2.75) is 52.1 Å². The Balaban J connectivity index is 2.05. The molecule has 0 radical (unpaired) electrons. The number of pyridine rings is 1. The number of rotatable bonds is 12. The fourth-order valence-electron chi connectivity index (χ4n) is 4.08. The van der Waals surface area contributed by atoms with Crippen LogP contribution in [0.4, 0.5) is 11.4 Å². The molecule has 0 aliphatic rings. The molecular weight excluding hydrogens is 432 g/mol. The monoisotopic (exact) mass is 466 g/mol. The molecule has 0 saturated carbocycles. The van der Waals surface area contributed by atoms with Crippen LogP contribution in [0.2, 0.25) is 0 Å². The molecule has 1 amide bonds. The average Bonchev–Trinajstić information content (AvgIpc) is 3.15. The lowest BCUT2D eigenvalue weighted by Crippen LogP contribution is -2.20. The number of fused-ring (bicyclic) bond motifs is 1. The second kappa shape index (κ2) is 12.2. The van der Waals surface area contributed by atoms with Gasteiger partial charge in [0.25, 0.3) is 0 Å². The quantitative estimate of drug-likeness (QED) is 0.378. The summed E-state index contributed by atoms with van der Waals surface area (Å²) in [6, 6.07) is 12.4. The van der Waals surface area contributed by atoms with E-state index in [4.69, 9.17) is 9.47 Å². The third-order valence-electron chi connectivity index (χ3n) is 5.86. The molecule has 8 heteroatoms. The largest absolute Gasteiger partial charge is 0.464 e. The van der Waals surface area contributed by atoms with Crippen LogP contribution in [-0.2, 0) is 27.2 Å². The molecule has 0 saturated heterocycles. The molecule has 3 rings (SSSR count). The van der Waals surface area contributed by atoms with E-state index in [2.05, 4.69) is 41.6 Å². The highest BCUT2D eigenvalue weighted by Crippen LogP contribution is 2.33. The molecule has 8 nitrogen and oxygen atoms in total. The Bertz CT molecular complexity index is 1110. The molecule has 2 aromatic heterocycles. The van der Waals surface area contributed by atoms with E-state index in [1.54, 1.807) is 6.20 Å². The maximum absolute atomic E-state index is 12.9. The lowest BCUT2D eigenvalue weighted by Gasteiger charge is -2.16. The highest BCUT2D eigenvalue weighted by molar-refractivity contribution is 6.11. The summed E-state index contributed by atoms with van der Waals surface area (Å²) >= 11 is 0. The summed E-state index contributed by atoms with van der Waals surface area (Å²) < 4.78 is 11.9. The van der Waals surface area contributed by atoms with E-state index >= 15 is 0 Å². The molecule has 0 unspecified atom stereocenters. The van der Waals surface area contributed by atoms with Gasteiger partial charge in [0.05, 0.1) is 24.7 Å². The minimum Gasteiger partial charge on any atom is -0.464 e. The van der Waals surface area contributed by atoms with Crippen LogP contribution in [0.3, 0.4) is 0 Å². The maximum Gasteiger partial charge on any atom is 0.356 e. The first-order valence-corrected chi connectivity index (χ1v) is 11.7. The molecule has 0 aliphatic heterocycles. The van der Waals surface area contributed by atoms with E-state index in [1.807, 2.05) is 28.8 Å². The summed E-state index contributed by atoms with van der Waals surface area (Å²) in [7, 11) is 2.79. The number of aromatic nitrogens is 2. The van der Waals surface area contributed by atoms with Crippen molar-refractivity contribution in [3.8, 4) is 0 Å². The van der Waals surface area contributed by atoms with Crippen molar-refractivity contribution in [1.82, 2.24) is 9.55 Å². The van der Waals surface area contributed by atoms with Crippen LogP contribution in [0.15, 0.2) is 42.6 Å². The Morgan fingerprint density at radius 1 is 1.12 bits per heavy atom. The van der Waals surface area contributed by atoms with Gasteiger partial charge in [-0.25, -0.2) is 9.78 Å². The zero-order valence-electron chi connectivity index (χ0n) is 20.4. The lowest BCUT2D eigenvalue weighted by atomic mass is 10.1. The Labute approximate surface area is 200 Å². The van der Waals surface area contributed by atoms with Crippen molar-refractivity contribution >= 4 is 34.3 Å². The Morgan fingerprint density at radius 2 is 1.85 bits per heavy atom. The number of carbonyl (C=O) groups excluding carboxylic acids is 2. The molecule has 1 aromatic carbocycles. The molecule has 2 heterocycles. The molecule has 34 heavy (non-hydrogen) atoms. The zero-order valence-corrected chi connectivity index (χ0v) is 20.4.